The van der Waals surface area contributed by atoms with Gasteiger partial charge in [0.2, 0.25) is 0 Å². The lowest BCUT2D eigenvalue weighted by molar-refractivity contribution is -0.141. The van der Waals surface area contributed by atoms with E-state index in [1.54, 1.807) is 19.3 Å². The third kappa shape index (κ3) is 5.29. The number of amides is 2. The summed E-state index contributed by atoms with van der Waals surface area (Å²) < 4.78 is 0. The van der Waals surface area contributed by atoms with Gasteiger partial charge in [0.1, 0.15) is 5.82 Å². The number of urea groups is 1. The minimum absolute atomic E-state index is 0.218. The predicted octanol–water partition coefficient (Wildman–Crippen LogP) is 1.09. The van der Waals surface area contributed by atoms with Gasteiger partial charge in [-0.2, -0.15) is 0 Å². The summed E-state index contributed by atoms with van der Waals surface area (Å²) in [6.07, 6.45) is 5.01. The van der Waals surface area contributed by atoms with E-state index in [9.17, 15) is 9.59 Å². The molecule has 0 saturated heterocycles. The number of hydrogen-bond donors (Lipinski definition) is 3. The zero-order valence-electron chi connectivity index (χ0n) is 11.9. The molecule has 0 saturated carbocycles. The van der Waals surface area contributed by atoms with Crippen LogP contribution in [0.1, 0.15) is 26.1 Å². The molecule has 1 aromatic rings. The lowest BCUT2D eigenvalue weighted by atomic mass is 10.2. The zero-order valence-corrected chi connectivity index (χ0v) is 11.9. The maximum atomic E-state index is 11.9. The first-order valence-corrected chi connectivity index (χ1v) is 6.78. The van der Waals surface area contributed by atoms with Crippen molar-refractivity contribution >= 4 is 12.0 Å². The quantitative estimate of drug-likeness (QED) is 0.622. The van der Waals surface area contributed by atoms with Gasteiger partial charge in [-0.15, -0.1) is 0 Å². The summed E-state index contributed by atoms with van der Waals surface area (Å²) in [5, 5.41) is 11.7. The Morgan fingerprint density at radius 1 is 1.55 bits per heavy atom. The highest BCUT2D eigenvalue weighted by molar-refractivity contribution is 5.75. The maximum Gasteiger partial charge on any atom is 0.317 e. The van der Waals surface area contributed by atoms with Gasteiger partial charge in [0.05, 0.1) is 5.92 Å². The Balaban J connectivity index is 2.26. The van der Waals surface area contributed by atoms with E-state index in [2.05, 4.69) is 15.3 Å². The molecule has 112 valence electrons. The Morgan fingerprint density at radius 2 is 2.30 bits per heavy atom. The van der Waals surface area contributed by atoms with E-state index in [0.717, 1.165) is 18.7 Å². The Labute approximate surface area is 118 Å². The third-order valence-corrected chi connectivity index (χ3v) is 3.01. The molecule has 0 spiro atoms. The van der Waals surface area contributed by atoms with Crippen molar-refractivity contribution in [1.29, 1.82) is 0 Å². The molecule has 2 amide bonds. The van der Waals surface area contributed by atoms with E-state index in [1.165, 1.54) is 4.90 Å². The number of nitrogens with zero attached hydrogens (tertiary/aromatic N) is 2. The summed E-state index contributed by atoms with van der Waals surface area (Å²) in [5.74, 6) is -0.566. The average molecular weight is 282 g/mol. The first kappa shape index (κ1) is 16.0. The van der Waals surface area contributed by atoms with Crippen molar-refractivity contribution in [3.05, 3.63) is 18.2 Å². The summed E-state index contributed by atoms with van der Waals surface area (Å²) in [6.45, 7) is 4.67. The van der Waals surface area contributed by atoms with Gasteiger partial charge in [-0.25, -0.2) is 9.78 Å². The molecule has 1 rings (SSSR count). The first-order chi connectivity index (χ1) is 9.54. The minimum atomic E-state index is -0.894. The van der Waals surface area contributed by atoms with Crippen molar-refractivity contribution in [1.82, 2.24) is 20.2 Å². The van der Waals surface area contributed by atoms with Crippen LogP contribution >= 0.6 is 0 Å². The zero-order chi connectivity index (χ0) is 15.0. The largest absolute Gasteiger partial charge is 0.481 e. The number of carboxylic acid groups (broad SMARTS) is 1. The third-order valence-electron chi connectivity index (χ3n) is 3.01. The van der Waals surface area contributed by atoms with Crippen molar-refractivity contribution in [2.24, 2.45) is 5.92 Å². The molecule has 0 radical (unpaired) electrons. The van der Waals surface area contributed by atoms with Crippen LogP contribution in [0.3, 0.4) is 0 Å². The van der Waals surface area contributed by atoms with Crippen molar-refractivity contribution in [3.8, 4) is 0 Å². The highest BCUT2D eigenvalue weighted by Gasteiger charge is 2.18. The van der Waals surface area contributed by atoms with E-state index >= 15 is 0 Å². The lowest BCUT2D eigenvalue weighted by Crippen LogP contribution is -2.43. The van der Waals surface area contributed by atoms with Crippen LogP contribution in [-0.2, 0) is 11.2 Å². The Hall–Kier alpha value is -2.05. The number of nitrogens with one attached hydrogen (secondary N) is 2. The number of carbonyl (C=O) groups is 2. The molecule has 7 heteroatoms. The number of H-pyrrole nitrogens is 1. The van der Waals surface area contributed by atoms with Gasteiger partial charge in [-0.3, -0.25) is 4.79 Å². The van der Waals surface area contributed by atoms with Crippen molar-refractivity contribution in [3.63, 3.8) is 0 Å². The van der Waals surface area contributed by atoms with Crippen LogP contribution in [0.25, 0.3) is 0 Å². The molecule has 1 heterocycles. The summed E-state index contributed by atoms with van der Waals surface area (Å²) in [7, 11) is 0. The molecule has 0 aliphatic heterocycles. The molecule has 7 nitrogen and oxygen atoms in total. The number of aromatic nitrogens is 2. The molecule has 1 atom stereocenters. The fraction of sp³-hybridized carbons (Fsp3) is 0.615. The van der Waals surface area contributed by atoms with Crippen LogP contribution in [0.15, 0.2) is 12.4 Å². The molecule has 3 N–H and O–H groups in total. The summed E-state index contributed by atoms with van der Waals surface area (Å²) in [5.41, 5.74) is 0. The molecule has 0 aliphatic carbocycles. The SMILES string of the molecule is CCN(CC(C)C(=O)O)C(=O)NCCCc1ncc[nH]1. The van der Waals surface area contributed by atoms with Crippen molar-refractivity contribution in [2.45, 2.75) is 26.7 Å². The van der Waals surface area contributed by atoms with E-state index in [4.69, 9.17) is 5.11 Å². The second-order valence-corrected chi connectivity index (χ2v) is 4.65. The van der Waals surface area contributed by atoms with Crippen molar-refractivity contribution < 1.29 is 14.7 Å². The molecule has 1 unspecified atom stereocenters. The number of carbonyl (C=O) groups excluding carboxylic acids is 1. The second kappa shape index (κ2) is 8.19. The number of imidazole rings is 1. The Bertz CT molecular complexity index is 419. The Morgan fingerprint density at radius 3 is 2.85 bits per heavy atom. The molecule has 0 fully saturated rings. The van der Waals surface area contributed by atoms with Gasteiger partial charge >= 0.3 is 12.0 Å². The number of aliphatic carboxylic acids is 1. The number of carboxylic acids is 1. The number of aryl methyl sites for hydroxylation is 1. The molecular weight excluding hydrogens is 260 g/mol. The molecule has 20 heavy (non-hydrogen) atoms. The fourth-order valence-electron chi connectivity index (χ4n) is 1.76. The molecular formula is C13H22N4O3. The van der Waals surface area contributed by atoms with Gasteiger partial charge in [0.25, 0.3) is 0 Å². The van der Waals surface area contributed by atoms with Crippen LogP contribution in [0, 0.1) is 5.92 Å². The summed E-state index contributed by atoms with van der Waals surface area (Å²) in [6, 6.07) is -0.222. The van der Waals surface area contributed by atoms with E-state index < -0.39 is 11.9 Å². The number of hydrogen-bond acceptors (Lipinski definition) is 3. The normalized spacial score (nSPS) is 11.9. The highest BCUT2D eigenvalue weighted by atomic mass is 16.4. The first-order valence-electron chi connectivity index (χ1n) is 6.78. The van der Waals surface area contributed by atoms with Gasteiger partial charge in [-0.1, -0.05) is 6.92 Å². The average Bonchev–Trinajstić information content (AvgIpc) is 2.93. The number of rotatable bonds is 8. The molecule has 0 aromatic carbocycles. The maximum absolute atomic E-state index is 11.9. The van der Waals surface area contributed by atoms with Gasteiger partial charge in [-0.05, 0) is 13.3 Å². The van der Waals surface area contributed by atoms with E-state index in [-0.39, 0.29) is 12.6 Å². The van der Waals surface area contributed by atoms with Crippen LogP contribution in [0.4, 0.5) is 4.79 Å². The van der Waals surface area contributed by atoms with E-state index in [1.807, 2.05) is 6.92 Å². The topological polar surface area (TPSA) is 98.3 Å². The summed E-state index contributed by atoms with van der Waals surface area (Å²) in [4.78, 5) is 31.3. The fourth-order valence-corrected chi connectivity index (χ4v) is 1.76. The molecule has 1 aromatic heterocycles. The van der Waals surface area contributed by atoms with E-state index in [0.29, 0.717) is 13.1 Å². The molecule has 0 aliphatic rings. The smallest absolute Gasteiger partial charge is 0.317 e. The standard InChI is InChI=1S/C13H22N4O3/c1-3-17(9-10(2)12(18)19)13(20)16-6-4-5-11-14-7-8-15-11/h7-8,10H,3-6,9H2,1-2H3,(H,14,15)(H,16,20)(H,18,19). The number of aromatic amines is 1. The molecule has 0 bridgehead atoms. The van der Waals surface area contributed by atoms with Crippen molar-refractivity contribution in [2.75, 3.05) is 19.6 Å². The van der Waals surface area contributed by atoms with Gasteiger partial charge in [0.15, 0.2) is 0 Å². The Kier molecular flexibility index (Phi) is 6.55. The minimum Gasteiger partial charge on any atom is -0.481 e. The lowest BCUT2D eigenvalue weighted by Gasteiger charge is -2.23. The monoisotopic (exact) mass is 282 g/mol. The summed E-state index contributed by atoms with van der Waals surface area (Å²) >= 11 is 0. The van der Waals surface area contributed by atoms with Gasteiger partial charge in [0, 0.05) is 38.4 Å². The van der Waals surface area contributed by atoms with Gasteiger partial charge < -0.3 is 20.3 Å². The van der Waals surface area contributed by atoms with Crippen LogP contribution in [0.5, 0.6) is 0 Å². The highest BCUT2D eigenvalue weighted by Crippen LogP contribution is 2.01. The van der Waals surface area contributed by atoms with Crippen LogP contribution < -0.4 is 5.32 Å². The second-order valence-electron chi connectivity index (χ2n) is 4.65. The van der Waals surface area contributed by atoms with Crippen LogP contribution in [0.2, 0.25) is 0 Å². The van der Waals surface area contributed by atoms with Crippen LogP contribution in [-0.4, -0.2) is 51.6 Å². The predicted molar refractivity (Wildman–Crippen MR) is 74.4 cm³/mol.